The Morgan fingerprint density at radius 3 is 2.62 bits per heavy atom. The average molecular weight is 651 g/mol. The highest BCUT2D eigenvalue weighted by Gasteiger charge is 2.46. The van der Waals surface area contributed by atoms with E-state index in [0.717, 1.165) is 44.8 Å². The molecule has 13 heteroatoms. The molecule has 3 fully saturated rings. The largest absolute Gasteiger partial charge is 0.508 e. The van der Waals surface area contributed by atoms with Crippen LogP contribution < -0.4 is 19.7 Å². The van der Waals surface area contributed by atoms with Crippen molar-refractivity contribution in [2.45, 2.75) is 63.7 Å². The first-order valence-corrected chi connectivity index (χ1v) is 15.9. The lowest BCUT2D eigenvalue weighted by Gasteiger charge is -2.39. The third-order valence-corrected chi connectivity index (χ3v) is 9.54. The fourth-order valence-corrected chi connectivity index (χ4v) is 7.46. The number of anilines is 1. The molecule has 3 saturated heterocycles. The molecule has 2 aromatic heterocycles. The van der Waals surface area contributed by atoms with Gasteiger partial charge < -0.3 is 19.5 Å². The maximum atomic E-state index is 16.8. The number of alkyl halides is 2. The van der Waals surface area contributed by atoms with Gasteiger partial charge in [0.05, 0.1) is 17.6 Å². The van der Waals surface area contributed by atoms with Gasteiger partial charge in [0.15, 0.2) is 18.4 Å². The van der Waals surface area contributed by atoms with Gasteiger partial charge in [-0.1, -0.05) is 25.8 Å². The summed E-state index contributed by atoms with van der Waals surface area (Å²) in [4.78, 5) is 17.3. The molecule has 3 atom stereocenters. The molecule has 0 saturated carbocycles. The van der Waals surface area contributed by atoms with Crippen molar-refractivity contribution in [1.29, 1.82) is 0 Å². The molecule has 8 rings (SSSR count). The summed E-state index contributed by atoms with van der Waals surface area (Å²) in [6.45, 7) is 5.64. The Hall–Kier alpha value is -4.41. The molecule has 246 valence electrons. The molecule has 4 aliphatic rings. The number of aromatic nitrogens is 3. The van der Waals surface area contributed by atoms with E-state index >= 15 is 8.78 Å². The molecular weight excluding hydrogens is 616 g/mol. The van der Waals surface area contributed by atoms with Gasteiger partial charge in [-0.3, -0.25) is 10.2 Å². The fourth-order valence-electron chi connectivity index (χ4n) is 7.46. The third-order valence-electron chi connectivity index (χ3n) is 9.54. The number of hydrogen-bond acceptors (Lipinski definition) is 9. The maximum Gasteiger partial charge on any atom is 0.319 e. The Morgan fingerprint density at radius 2 is 1.87 bits per heavy atom. The first kappa shape index (κ1) is 31.2. The number of phenolic OH excluding ortho intramolecular Hbond substituents is 1. The number of nitrogens with zero attached hydrogens (tertiary/aromatic N) is 5. The second-order valence-corrected chi connectivity index (χ2v) is 12.1. The Kier molecular flexibility index (Phi) is 7.96. The minimum Gasteiger partial charge on any atom is -0.508 e. The maximum absolute atomic E-state index is 16.8. The normalized spacial score (nSPS) is 22.9. The zero-order chi connectivity index (χ0) is 33.0. The molecule has 0 amide bonds. The smallest absolute Gasteiger partial charge is 0.319 e. The van der Waals surface area contributed by atoms with E-state index in [0.29, 0.717) is 5.39 Å². The molecule has 0 radical (unpaired) electrons. The first-order chi connectivity index (χ1) is 22.8. The molecule has 6 heterocycles. The number of phenols is 1. The van der Waals surface area contributed by atoms with Gasteiger partial charge in [-0.25, -0.2) is 22.5 Å². The van der Waals surface area contributed by atoms with Crippen LogP contribution in [0.25, 0.3) is 32.9 Å². The minimum absolute atomic E-state index is 0.00148. The summed E-state index contributed by atoms with van der Waals surface area (Å²) >= 11 is 0. The number of fused-ring (bicyclic) bond motifs is 4. The number of terminal acetylenes is 1. The van der Waals surface area contributed by atoms with Gasteiger partial charge in [0, 0.05) is 10.9 Å². The summed E-state index contributed by atoms with van der Waals surface area (Å²) in [5, 5.41) is 13.3. The van der Waals surface area contributed by atoms with Crippen molar-refractivity contribution in [3.05, 3.63) is 41.5 Å². The molecule has 3 unspecified atom stereocenters. The third kappa shape index (κ3) is 5.05. The van der Waals surface area contributed by atoms with Crippen LogP contribution in [-0.2, 0) is 0 Å². The quantitative estimate of drug-likeness (QED) is 0.166. The van der Waals surface area contributed by atoms with Gasteiger partial charge in [0.1, 0.15) is 53.2 Å². The molecule has 4 aromatic rings. The molecule has 0 spiro atoms. The number of nitrogens with one attached hydrogen (secondary N) is 1. The van der Waals surface area contributed by atoms with Crippen molar-refractivity contribution in [2.24, 2.45) is 0 Å². The van der Waals surface area contributed by atoms with E-state index in [1.54, 1.807) is 0 Å². The molecule has 47 heavy (non-hydrogen) atoms. The fraction of sp³-hybridized carbons (Fsp3) is 0.441. The molecule has 4 aliphatic heterocycles. The van der Waals surface area contributed by atoms with E-state index in [-0.39, 0.29) is 81.9 Å². The van der Waals surface area contributed by atoms with Crippen LogP contribution in [0.4, 0.5) is 23.4 Å². The van der Waals surface area contributed by atoms with Gasteiger partial charge in [0.2, 0.25) is 5.88 Å². The Balaban J connectivity index is 0.00000172. The summed E-state index contributed by atoms with van der Waals surface area (Å²) in [6, 6.07) is 4.01. The van der Waals surface area contributed by atoms with Crippen molar-refractivity contribution in [3.8, 4) is 41.2 Å². The average Bonchev–Trinajstić information content (AvgIpc) is 3.61. The number of piperazine rings is 1. The van der Waals surface area contributed by atoms with Gasteiger partial charge in [-0.2, -0.15) is 9.97 Å². The molecule has 0 aliphatic carbocycles. The Morgan fingerprint density at radius 1 is 1.11 bits per heavy atom. The monoisotopic (exact) mass is 650 g/mol. The summed E-state index contributed by atoms with van der Waals surface area (Å²) in [5.41, 5.74) is -0.906. The van der Waals surface area contributed by atoms with E-state index in [9.17, 15) is 13.9 Å². The highest BCUT2D eigenvalue weighted by atomic mass is 19.2. The van der Waals surface area contributed by atoms with E-state index < -0.39 is 30.3 Å². The lowest BCUT2D eigenvalue weighted by Crippen LogP contribution is -2.61. The van der Waals surface area contributed by atoms with Gasteiger partial charge >= 0.3 is 6.01 Å². The molecule has 2 N–H and O–H groups in total. The van der Waals surface area contributed by atoms with Crippen molar-refractivity contribution >= 4 is 27.5 Å². The van der Waals surface area contributed by atoms with E-state index in [1.807, 2.05) is 13.8 Å². The second kappa shape index (κ2) is 12.0. The molecular formula is C34H34F4N6O3. The zero-order valence-corrected chi connectivity index (χ0v) is 26.0. The van der Waals surface area contributed by atoms with E-state index in [2.05, 4.69) is 31.1 Å². The number of aromatic hydroxyl groups is 1. The van der Waals surface area contributed by atoms with E-state index in [1.165, 1.54) is 23.1 Å². The lowest BCUT2D eigenvalue weighted by molar-refractivity contribution is 0.0872. The Labute approximate surface area is 268 Å². The lowest BCUT2D eigenvalue weighted by atomic mass is 9.95. The van der Waals surface area contributed by atoms with Crippen molar-refractivity contribution in [2.75, 3.05) is 37.7 Å². The van der Waals surface area contributed by atoms with E-state index in [4.69, 9.17) is 15.9 Å². The van der Waals surface area contributed by atoms with Crippen molar-refractivity contribution < 1.29 is 32.1 Å². The second-order valence-electron chi connectivity index (χ2n) is 12.1. The van der Waals surface area contributed by atoms with Crippen LogP contribution in [0.5, 0.6) is 17.6 Å². The van der Waals surface area contributed by atoms with Gasteiger partial charge in [-0.15, -0.1) is 6.42 Å². The summed E-state index contributed by atoms with van der Waals surface area (Å²) in [6.07, 6.45) is 6.05. The summed E-state index contributed by atoms with van der Waals surface area (Å²) < 4.78 is 73.7. The zero-order valence-electron chi connectivity index (χ0n) is 26.0. The number of pyridine rings is 1. The van der Waals surface area contributed by atoms with Crippen molar-refractivity contribution in [1.82, 2.24) is 25.2 Å². The summed E-state index contributed by atoms with van der Waals surface area (Å²) in [7, 11) is 0. The minimum atomic E-state index is -1.83. The summed E-state index contributed by atoms with van der Waals surface area (Å²) in [5.74, 6) is 0.320. The van der Waals surface area contributed by atoms with Crippen LogP contribution in [0.3, 0.4) is 0 Å². The predicted molar refractivity (Wildman–Crippen MR) is 169 cm³/mol. The van der Waals surface area contributed by atoms with Crippen LogP contribution >= 0.6 is 0 Å². The predicted octanol–water partition coefficient (Wildman–Crippen LogP) is 5.61. The van der Waals surface area contributed by atoms with Crippen LogP contribution in [0, 0.1) is 24.0 Å². The molecule has 9 nitrogen and oxygen atoms in total. The topological polar surface area (TPSA) is 95.9 Å². The number of ether oxygens (including phenoxy) is 2. The number of benzene rings is 2. The standard InChI is InChI=1S/C32H28F4N6O3.C2H6/c1-2-18-20(33)6-5-16-11-17(43)12-19(23(16)18)26-25(35)27-24-29(42-13-22(34)37-28(36)21(42)14-44-30(24)38-26)40-31(39-27)45-15-32-7-3-9-41(32)10-4-8-32;1-2/h1,5-6,11-12,21-22,28,37,43H,3-4,7-10,13-15H2;1-2H3. The first-order valence-electron chi connectivity index (χ1n) is 15.9. The molecule has 2 aromatic carbocycles. The number of hydrogen-bond donors (Lipinski definition) is 2. The van der Waals surface area contributed by atoms with Crippen molar-refractivity contribution in [3.63, 3.8) is 0 Å². The Bertz CT molecular complexity index is 1910. The number of rotatable bonds is 4. The molecule has 0 bridgehead atoms. The highest BCUT2D eigenvalue weighted by Crippen LogP contribution is 2.44. The van der Waals surface area contributed by atoms with Gasteiger partial charge in [0.25, 0.3) is 0 Å². The van der Waals surface area contributed by atoms with Crippen LogP contribution in [0.1, 0.15) is 45.1 Å². The van der Waals surface area contributed by atoms with Crippen LogP contribution in [-0.4, -0.2) is 82.0 Å². The number of halogens is 4. The van der Waals surface area contributed by atoms with Crippen LogP contribution in [0.2, 0.25) is 0 Å². The van der Waals surface area contributed by atoms with Crippen LogP contribution in [0.15, 0.2) is 24.3 Å². The van der Waals surface area contributed by atoms with Gasteiger partial charge in [-0.05, 0) is 62.4 Å². The SMILES string of the molecule is C#Cc1c(F)ccc2cc(O)cc(-c3nc4c5c(nc(OCC67CCCN6CCC7)nc5c3F)N3CC(F)NC(F)C3CO4)c12.CC. The highest BCUT2D eigenvalue weighted by molar-refractivity contribution is 6.04.